The Labute approximate surface area is 93.7 Å². The largest absolute Gasteiger partial charge is 0.477 e. The van der Waals surface area contributed by atoms with Gasteiger partial charge in [0.25, 0.3) is 0 Å². The van der Waals surface area contributed by atoms with E-state index in [1.807, 2.05) is 26.0 Å². The smallest absolute Gasteiger partial charge is 0.352 e. The fraction of sp³-hybridized carbons (Fsp3) is 0.154. The zero-order valence-corrected chi connectivity index (χ0v) is 9.24. The minimum absolute atomic E-state index is 0.241. The predicted octanol–water partition coefficient (Wildman–Crippen LogP) is 3.00. The predicted molar refractivity (Wildman–Crippen MR) is 62.7 cm³/mol. The van der Waals surface area contributed by atoms with Gasteiger partial charge in [-0.25, -0.2) is 4.79 Å². The Hall–Kier alpha value is -2.03. The number of nitrogens with one attached hydrogen (secondary N) is 1. The van der Waals surface area contributed by atoms with Crippen molar-refractivity contribution in [1.82, 2.24) is 4.98 Å². The van der Waals surface area contributed by atoms with Gasteiger partial charge in [0.15, 0.2) is 0 Å². The number of hydrogen-bond acceptors (Lipinski definition) is 1. The molecule has 0 fully saturated rings. The van der Waals surface area contributed by atoms with E-state index in [0.717, 1.165) is 22.3 Å². The van der Waals surface area contributed by atoms with Gasteiger partial charge in [-0.1, -0.05) is 29.3 Å². The Morgan fingerprint density at radius 1 is 1.19 bits per heavy atom. The van der Waals surface area contributed by atoms with Crippen molar-refractivity contribution in [2.45, 2.75) is 13.8 Å². The van der Waals surface area contributed by atoms with E-state index in [1.54, 1.807) is 12.3 Å². The van der Waals surface area contributed by atoms with Crippen molar-refractivity contribution in [3.05, 3.63) is 47.3 Å². The molecule has 1 aromatic heterocycles. The van der Waals surface area contributed by atoms with Crippen molar-refractivity contribution in [3.63, 3.8) is 0 Å². The zero-order chi connectivity index (χ0) is 11.7. The molecule has 16 heavy (non-hydrogen) atoms. The average molecular weight is 215 g/mol. The molecule has 0 bridgehead atoms. The van der Waals surface area contributed by atoms with E-state index in [2.05, 4.69) is 11.1 Å². The fourth-order valence-electron chi connectivity index (χ4n) is 1.92. The highest BCUT2D eigenvalue weighted by atomic mass is 16.4. The van der Waals surface area contributed by atoms with Crippen LogP contribution in [0.25, 0.3) is 11.1 Å². The fourth-order valence-corrected chi connectivity index (χ4v) is 1.92. The minimum Gasteiger partial charge on any atom is -0.477 e. The van der Waals surface area contributed by atoms with Crippen molar-refractivity contribution in [3.8, 4) is 11.1 Å². The molecule has 0 atom stereocenters. The summed E-state index contributed by atoms with van der Waals surface area (Å²) >= 11 is 0. The molecule has 0 amide bonds. The topological polar surface area (TPSA) is 53.1 Å². The van der Waals surface area contributed by atoms with Crippen LogP contribution in [0, 0.1) is 13.8 Å². The number of hydrogen-bond donors (Lipinski definition) is 2. The molecule has 0 saturated carbocycles. The molecule has 0 aliphatic carbocycles. The standard InChI is InChI=1S/C13H13NO2/c1-8-5-9(2)7-10(6-8)11-3-4-14-12(11)13(15)16/h3-7,14H,1-2H3,(H,15,16). The second-order valence-electron chi connectivity index (χ2n) is 3.95. The Kier molecular flexibility index (Phi) is 2.52. The van der Waals surface area contributed by atoms with Crippen LogP contribution in [0.15, 0.2) is 30.5 Å². The first-order chi connectivity index (χ1) is 7.58. The molecule has 0 aliphatic rings. The number of H-pyrrole nitrogens is 1. The van der Waals surface area contributed by atoms with Crippen LogP contribution in [0.3, 0.4) is 0 Å². The van der Waals surface area contributed by atoms with Crippen molar-refractivity contribution in [1.29, 1.82) is 0 Å². The minimum atomic E-state index is -0.931. The second kappa shape index (κ2) is 3.85. The average Bonchev–Trinajstić information content (AvgIpc) is 2.63. The van der Waals surface area contributed by atoms with E-state index in [0.29, 0.717) is 0 Å². The molecule has 2 aromatic rings. The van der Waals surface area contributed by atoms with Crippen LogP contribution in [-0.2, 0) is 0 Å². The van der Waals surface area contributed by atoms with E-state index in [4.69, 9.17) is 5.11 Å². The highest BCUT2D eigenvalue weighted by molar-refractivity contribution is 5.94. The summed E-state index contributed by atoms with van der Waals surface area (Å²) in [5.74, 6) is -0.931. The number of benzene rings is 1. The molecule has 0 unspecified atom stereocenters. The van der Waals surface area contributed by atoms with Gasteiger partial charge in [-0.05, 0) is 25.5 Å². The normalized spacial score (nSPS) is 10.4. The summed E-state index contributed by atoms with van der Waals surface area (Å²) in [5.41, 5.74) is 4.18. The molecular weight excluding hydrogens is 202 g/mol. The molecule has 1 heterocycles. The third-order valence-corrected chi connectivity index (χ3v) is 2.49. The van der Waals surface area contributed by atoms with Crippen LogP contribution in [0.2, 0.25) is 0 Å². The lowest BCUT2D eigenvalue weighted by atomic mass is 10.0. The number of aromatic carboxylic acids is 1. The number of carboxylic acid groups (broad SMARTS) is 1. The molecule has 82 valence electrons. The first kappa shape index (κ1) is 10.5. The van der Waals surface area contributed by atoms with E-state index < -0.39 is 5.97 Å². The van der Waals surface area contributed by atoms with Crippen molar-refractivity contribution in [2.24, 2.45) is 0 Å². The van der Waals surface area contributed by atoms with Gasteiger partial charge in [0.2, 0.25) is 0 Å². The quantitative estimate of drug-likeness (QED) is 0.809. The summed E-state index contributed by atoms with van der Waals surface area (Å²) in [5, 5.41) is 9.02. The summed E-state index contributed by atoms with van der Waals surface area (Å²) in [4.78, 5) is 13.7. The number of carboxylic acids is 1. The molecule has 0 aliphatic heterocycles. The van der Waals surface area contributed by atoms with E-state index >= 15 is 0 Å². The van der Waals surface area contributed by atoms with E-state index in [9.17, 15) is 4.79 Å². The summed E-state index contributed by atoms with van der Waals surface area (Å²) < 4.78 is 0. The van der Waals surface area contributed by atoms with Crippen LogP contribution in [0.5, 0.6) is 0 Å². The molecule has 3 heteroatoms. The maximum atomic E-state index is 11.0. The summed E-state index contributed by atoms with van der Waals surface area (Å²) in [7, 11) is 0. The Morgan fingerprint density at radius 2 is 1.81 bits per heavy atom. The van der Waals surface area contributed by atoms with Crippen LogP contribution in [-0.4, -0.2) is 16.1 Å². The van der Waals surface area contributed by atoms with Gasteiger partial charge in [-0.3, -0.25) is 0 Å². The van der Waals surface area contributed by atoms with Crippen LogP contribution in [0.1, 0.15) is 21.6 Å². The van der Waals surface area contributed by atoms with Crippen LogP contribution >= 0.6 is 0 Å². The van der Waals surface area contributed by atoms with Gasteiger partial charge >= 0.3 is 5.97 Å². The van der Waals surface area contributed by atoms with E-state index in [-0.39, 0.29) is 5.69 Å². The summed E-state index contributed by atoms with van der Waals surface area (Å²) in [6.07, 6.45) is 1.65. The lowest BCUT2D eigenvalue weighted by molar-refractivity contribution is 0.0692. The van der Waals surface area contributed by atoms with Gasteiger partial charge in [0.05, 0.1) is 0 Å². The lowest BCUT2D eigenvalue weighted by Gasteiger charge is -2.04. The number of aryl methyl sites for hydroxylation is 2. The third kappa shape index (κ3) is 1.84. The number of rotatable bonds is 2. The molecule has 0 spiro atoms. The van der Waals surface area contributed by atoms with Gasteiger partial charge < -0.3 is 10.1 Å². The van der Waals surface area contributed by atoms with Gasteiger partial charge in [-0.2, -0.15) is 0 Å². The van der Waals surface area contributed by atoms with Crippen molar-refractivity contribution < 1.29 is 9.90 Å². The Balaban J connectivity index is 2.58. The Bertz CT molecular complexity index is 520. The summed E-state index contributed by atoms with van der Waals surface area (Å²) in [6.45, 7) is 4.01. The molecule has 0 radical (unpaired) electrons. The van der Waals surface area contributed by atoms with Crippen LogP contribution < -0.4 is 0 Å². The van der Waals surface area contributed by atoms with Gasteiger partial charge in [-0.15, -0.1) is 0 Å². The highest BCUT2D eigenvalue weighted by Crippen LogP contribution is 2.25. The number of aromatic nitrogens is 1. The van der Waals surface area contributed by atoms with E-state index in [1.165, 1.54) is 0 Å². The molecule has 2 N–H and O–H groups in total. The molecule has 1 aromatic carbocycles. The maximum Gasteiger partial charge on any atom is 0.352 e. The molecule has 3 nitrogen and oxygen atoms in total. The van der Waals surface area contributed by atoms with Gasteiger partial charge in [0.1, 0.15) is 5.69 Å². The first-order valence-corrected chi connectivity index (χ1v) is 5.07. The molecule has 2 rings (SSSR count). The number of aromatic amines is 1. The van der Waals surface area contributed by atoms with Gasteiger partial charge in [0, 0.05) is 11.8 Å². The highest BCUT2D eigenvalue weighted by Gasteiger charge is 2.12. The Morgan fingerprint density at radius 3 is 2.38 bits per heavy atom. The zero-order valence-electron chi connectivity index (χ0n) is 9.24. The number of carbonyl (C=O) groups is 1. The first-order valence-electron chi connectivity index (χ1n) is 5.07. The third-order valence-electron chi connectivity index (χ3n) is 2.49. The summed E-state index contributed by atoms with van der Waals surface area (Å²) in [6, 6.07) is 7.83. The monoisotopic (exact) mass is 215 g/mol. The lowest BCUT2D eigenvalue weighted by Crippen LogP contribution is -1.98. The molecular formula is C13H13NO2. The van der Waals surface area contributed by atoms with Crippen molar-refractivity contribution in [2.75, 3.05) is 0 Å². The second-order valence-corrected chi connectivity index (χ2v) is 3.95. The van der Waals surface area contributed by atoms with Crippen LogP contribution in [0.4, 0.5) is 0 Å². The van der Waals surface area contributed by atoms with Crippen molar-refractivity contribution >= 4 is 5.97 Å². The SMILES string of the molecule is Cc1cc(C)cc(-c2cc[nH]c2C(=O)O)c1. The maximum absolute atomic E-state index is 11.0. The molecule has 0 saturated heterocycles.